The molecule has 1 aromatic heterocycles. The lowest BCUT2D eigenvalue weighted by Gasteiger charge is -2.17. The fourth-order valence-corrected chi connectivity index (χ4v) is 3.00. The summed E-state index contributed by atoms with van der Waals surface area (Å²) in [4.78, 5) is 11.2. The Balaban J connectivity index is 2.68. The quantitative estimate of drug-likeness (QED) is 0.861. The molecule has 0 aromatic carbocycles. The molecule has 6 heteroatoms. The normalized spacial score (nSPS) is 14.6. The predicted octanol–water partition coefficient (Wildman–Crippen LogP) is 3.27. The first kappa shape index (κ1) is 13.8. The fraction of sp³-hybridized carbons (Fsp3) is 0.500. The summed E-state index contributed by atoms with van der Waals surface area (Å²) in [5.74, 6) is -0.302. The molecule has 0 bridgehead atoms. The number of methoxy groups -OCH3 is 1. The SMILES string of the molecule is COC(=O)C(C)NC(C)c1cc(Cl)sc1Cl. The number of rotatable bonds is 4. The topological polar surface area (TPSA) is 38.3 Å². The van der Waals surface area contributed by atoms with Crippen molar-refractivity contribution in [2.45, 2.75) is 25.9 Å². The molecule has 0 aliphatic carbocycles. The maximum atomic E-state index is 11.2. The molecule has 1 rings (SSSR count). The van der Waals surface area contributed by atoms with E-state index >= 15 is 0 Å². The molecule has 0 aliphatic heterocycles. The molecule has 0 aliphatic rings. The highest BCUT2D eigenvalue weighted by molar-refractivity contribution is 7.20. The summed E-state index contributed by atoms with van der Waals surface area (Å²) in [6.45, 7) is 3.66. The van der Waals surface area contributed by atoms with Crippen molar-refractivity contribution < 1.29 is 9.53 Å². The van der Waals surface area contributed by atoms with Gasteiger partial charge in [0.15, 0.2) is 0 Å². The van der Waals surface area contributed by atoms with Crippen molar-refractivity contribution in [1.29, 1.82) is 0 Å². The van der Waals surface area contributed by atoms with Crippen LogP contribution in [-0.4, -0.2) is 19.1 Å². The van der Waals surface area contributed by atoms with Gasteiger partial charge in [0.2, 0.25) is 0 Å². The van der Waals surface area contributed by atoms with Gasteiger partial charge in [-0.25, -0.2) is 0 Å². The van der Waals surface area contributed by atoms with Crippen molar-refractivity contribution in [3.05, 3.63) is 20.3 Å². The largest absolute Gasteiger partial charge is 0.468 e. The zero-order chi connectivity index (χ0) is 12.3. The van der Waals surface area contributed by atoms with Crippen molar-refractivity contribution in [2.24, 2.45) is 0 Å². The summed E-state index contributed by atoms with van der Waals surface area (Å²) in [6, 6.07) is 1.37. The van der Waals surface area contributed by atoms with Crippen LogP contribution in [0.1, 0.15) is 25.5 Å². The van der Waals surface area contributed by atoms with Gasteiger partial charge in [0.25, 0.3) is 0 Å². The molecule has 16 heavy (non-hydrogen) atoms. The van der Waals surface area contributed by atoms with Gasteiger partial charge in [0.05, 0.1) is 15.8 Å². The Morgan fingerprint density at radius 3 is 2.56 bits per heavy atom. The van der Waals surface area contributed by atoms with Crippen LogP contribution in [-0.2, 0) is 9.53 Å². The summed E-state index contributed by atoms with van der Waals surface area (Å²) in [5.41, 5.74) is 0.896. The van der Waals surface area contributed by atoms with Crippen molar-refractivity contribution in [3.8, 4) is 0 Å². The number of hydrogen-bond acceptors (Lipinski definition) is 4. The van der Waals surface area contributed by atoms with Crippen LogP contribution in [0.2, 0.25) is 8.67 Å². The highest BCUT2D eigenvalue weighted by Crippen LogP contribution is 2.34. The summed E-state index contributed by atoms with van der Waals surface area (Å²) in [7, 11) is 1.36. The van der Waals surface area contributed by atoms with Crippen molar-refractivity contribution in [1.82, 2.24) is 5.32 Å². The van der Waals surface area contributed by atoms with Crippen molar-refractivity contribution in [3.63, 3.8) is 0 Å². The van der Waals surface area contributed by atoms with Crippen LogP contribution in [0.3, 0.4) is 0 Å². The molecule has 0 fully saturated rings. The van der Waals surface area contributed by atoms with Gasteiger partial charge in [-0.2, -0.15) is 0 Å². The van der Waals surface area contributed by atoms with Gasteiger partial charge in [-0.15, -0.1) is 11.3 Å². The lowest BCUT2D eigenvalue weighted by molar-refractivity contribution is -0.142. The summed E-state index contributed by atoms with van der Waals surface area (Å²) in [5, 5.41) is 3.09. The Labute approximate surface area is 109 Å². The first-order valence-electron chi connectivity index (χ1n) is 4.74. The summed E-state index contributed by atoms with van der Waals surface area (Å²) < 4.78 is 5.91. The molecule has 1 heterocycles. The minimum absolute atomic E-state index is 0.0506. The Morgan fingerprint density at radius 1 is 1.50 bits per heavy atom. The Kier molecular flexibility index (Phi) is 5.05. The molecule has 0 saturated heterocycles. The van der Waals surface area contributed by atoms with E-state index in [4.69, 9.17) is 23.2 Å². The Bertz CT molecular complexity index is 381. The van der Waals surface area contributed by atoms with Crippen LogP contribution >= 0.6 is 34.5 Å². The number of nitrogens with one attached hydrogen (secondary N) is 1. The molecule has 2 atom stereocenters. The second kappa shape index (κ2) is 5.87. The molecule has 0 amide bonds. The second-order valence-electron chi connectivity index (χ2n) is 3.41. The molecule has 0 radical (unpaired) electrons. The van der Waals surface area contributed by atoms with Gasteiger partial charge in [0, 0.05) is 6.04 Å². The Hall–Kier alpha value is -0.290. The van der Waals surface area contributed by atoms with Gasteiger partial charge >= 0.3 is 5.97 Å². The van der Waals surface area contributed by atoms with E-state index in [2.05, 4.69) is 10.1 Å². The van der Waals surface area contributed by atoms with Crippen LogP contribution < -0.4 is 5.32 Å². The van der Waals surface area contributed by atoms with E-state index < -0.39 is 0 Å². The summed E-state index contributed by atoms with van der Waals surface area (Å²) in [6.07, 6.45) is 0. The number of carbonyl (C=O) groups excluding carboxylic acids is 1. The highest BCUT2D eigenvalue weighted by Gasteiger charge is 2.19. The third kappa shape index (κ3) is 3.35. The van der Waals surface area contributed by atoms with E-state index in [-0.39, 0.29) is 18.1 Å². The van der Waals surface area contributed by atoms with E-state index in [1.165, 1.54) is 18.4 Å². The van der Waals surface area contributed by atoms with E-state index in [1.54, 1.807) is 13.0 Å². The molecule has 1 aromatic rings. The first-order valence-corrected chi connectivity index (χ1v) is 6.31. The maximum absolute atomic E-state index is 11.2. The van der Waals surface area contributed by atoms with Crippen molar-refractivity contribution in [2.75, 3.05) is 7.11 Å². The van der Waals surface area contributed by atoms with Crippen molar-refractivity contribution >= 4 is 40.5 Å². The lowest BCUT2D eigenvalue weighted by Crippen LogP contribution is -2.36. The molecular weight excluding hydrogens is 269 g/mol. The van der Waals surface area contributed by atoms with E-state index in [0.29, 0.717) is 8.67 Å². The maximum Gasteiger partial charge on any atom is 0.322 e. The van der Waals surface area contributed by atoms with E-state index in [0.717, 1.165) is 5.56 Å². The van der Waals surface area contributed by atoms with Gasteiger partial charge in [-0.1, -0.05) is 23.2 Å². The van der Waals surface area contributed by atoms with Gasteiger partial charge in [0.1, 0.15) is 6.04 Å². The molecule has 3 nitrogen and oxygen atoms in total. The number of hydrogen-bond donors (Lipinski definition) is 1. The molecule has 1 N–H and O–H groups in total. The van der Waals surface area contributed by atoms with Crippen LogP contribution in [0.5, 0.6) is 0 Å². The van der Waals surface area contributed by atoms with Crippen LogP contribution in [0.15, 0.2) is 6.07 Å². The number of ether oxygens (including phenoxy) is 1. The first-order chi connectivity index (χ1) is 7.45. The lowest BCUT2D eigenvalue weighted by atomic mass is 10.1. The van der Waals surface area contributed by atoms with Gasteiger partial charge < -0.3 is 4.74 Å². The highest BCUT2D eigenvalue weighted by atomic mass is 35.5. The zero-order valence-electron chi connectivity index (χ0n) is 9.21. The average Bonchev–Trinajstić information content (AvgIpc) is 2.56. The number of thiophene rings is 1. The van der Waals surface area contributed by atoms with E-state index in [1.807, 2.05) is 6.92 Å². The number of esters is 1. The standard InChI is InChI=1S/C10H13Cl2NO2S/c1-5(13-6(2)10(14)15-3)7-4-8(11)16-9(7)12/h4-6,13H,1-3H3. The van der Waals surface area contributed by atoms with Crippen LogP contribution in [0, 0.1) is 0 Å². The molecule has 2 unspecified atom stereocenters. The monoisotopic (exact) mass is 281 g/mol. The third-order valence-corrected chi connectivity index (χ3v) is 3.72. The summed E-state index contributed by atoms with van der Waals surface area (Å²) >= 11 is 13.2. The van der Waals surface area contributed by atoms with Gasteiger partial charge in [-0.05, 0) is 25.5 Å². The third-order valence-electron chi connectivity index (χ3n) is 2.20. The fourth-order valence-electron chi connectivity index (χ4n) is 1.36. The number of carbonyl (C=O) groups is 1. The zero-order valence-corrected chi connectivity index (χ0v) is 11.5. The average molecular weight is 282 g/mol. The second-order valence-corrected chi connectivity index (χ2v) is 5.70. The van der Waals surface area contributed by atoms with Crippen LogP contribution in [0.25, 0.3) is 0 Å². The minimum atomic E-state index is -0.380. The molecule has 90 valence electrons. The van der Waals surface area contributed by atoms with Gasteiger partial charge in [-0.3, -0.25) is 10.1 Å². The van der Waals surface area contributed by atoms with E-state index in [9.17, 15) is 4.79 Å². The van der Waals surface area contributed by atoms with Crippen LogP contribution in [0.4, 0.5) is 0 Å². The predicted molar refractivity (Wildman–Crippen MR) is 67.4 cm³/mol. The number of halogens is 2. The molecular formula is C10H13Cl2NO2S. The Morgan fingerprint density at radius 2 is 2.12 bits per heavy atom. The molecule has 0 saturated carbocycles. The molecule has 0 spiro atoms. The smallest absolute Gasteiger partial charge is 0.322 e. The minimum Gasteiger partial charge on any atom is -0.468 e.